The van der Waals surface area contributed by atoms with Gasteiger partial charge in [-0.3, -0.25) is 0 Å². The van der Waals surface area contributed by atoms with Gasteiger partial charge in [-0.2, -0.15) is 4.98 Å². The molecule has 26 heavy (non-hydrogen) atoms. The molecule has 0 aliphatic carbocycles. The van der Waals surface area contributed by atoms with E-state index in [0.717, 1.165) is 35.8 Å². The maximum Gasteiger partial charge on any atom is 0.224 e. The first kappa shape index (κ1) is 17.7. The molecule has 0 aliphatic heterocycles. The van der Waals surface area contributed by atoms with Crippen LogP contribution >= 0.6 is 0 Å². The molecule has 3 aromatic rings. The highest BCUT2D eigenvalue weighted by Crippen LogP contribution is 2.21. The van der Waals surface area contributed by atoms with E-state index >= 15 is 0 Å². The molecule has 0 saturated carbocycles. The lowest BCUT2D eigenvalue weighted by atomic mass is 10.1. The van der Waals surface area contributed by atoms with Crippen LogP contribution in [0.3, 0.4) is 0 Å². The summed E-state index contributed by atoms with van der Waals surface area (Å²) in [6.45, 7) is 4.89. The lowest BCUT2D eigenvalue weighted by Crippen LogP contribution is -2.09. The van der Waals surface area contributed by atoms with Gasteiger partial charge in [0.15, 0.2) is 0 Å². The number of nitrogens with zero attached hydrogens (tertiary/aromatic N) is 2. The van der Waals surface area contributed by atoms with E-state index in [2.05, 4.69) is 58.7 Å². The molecule has 2 N–H and O–H groups in total. The summed E-state index contributed by atoms with van der Waals surface area (Å²) >= 11 is 0. The van der Waals surface area contributed by atoms with E-state index in [0.29, 0.717) is 5.95 Å². The Morgan fingerprint density at radius 2 is 1.88 bits per heavy atom. The Labute approximate surface area is 154 Å². The Balaban J connectivity index is 1.63. The number of ether oxygens (including phenoxy) is 1. The second-order valence-electron chi connectivity index (χ2n) is 6.20. The fraction of sp³-hybridized carbons (Fsp3) is 0.238. The molecule has 134 valence electrons. The quantitative estimate of drug-likeness (QED) is 0.658. The van der Waals surface area contributed by atoms with Crippen LogP contribution in [0.5, 0.6) is 5.75 Å². The maximum atomic E-state index is 5.39. The van der Waals surface area contributed by atoms with Gasteiger partial charge in [-0.15, -0.1) is 0 Å². The van der Waals surface area contributed by atoms with Crippen molar-refractivity contribution >= 4 is 17.5 Å². The minimum Gasteiger partial charge on any atom is -0.496 e. The van der Waals surface area contributed by atoms with Gasteiger partial charge in [-0.05, 0) is 55.2 Å². The van der Waals surface area contributed by atoms with Crippen LogP contribution in [-0.4, -0.2) is 23.6 Å². The van der Waals surface area contributed by atoms with Gasteiger partial charge in [0.25, 0.3) is 0 Å². The van der Waals surface area contributed by atoms with Crippen molar-refractivity contribution in [3.05, 3.63) is 71.4 Å². The number of benzene rings is 2. The van der Waals surface area contributed by atoms with Gasteiger partial charge in [-0.1, -0.05) is 30.3 Å². The third kappa shape index (κ3) is 4.51. The molecule has 0 fully saturated rings. The lowest BCUT2D eigenvalue weighted by molar-refractivity contribution is 0.410. The van der Waals surface area contributed by atoms with Gasteiger partial charge in [0.1, 0.15) is 11.6 Å². The minimum atomic E-state index is 0.607. The van der Waals surface area contributed by atoms with Crippen LogP contribution in [0.15, 0.2) is 54.7 Å². The van der Waals surface area contributed by atoms with Crippen LogP contribution in [0.1, 0.15) is 16.7 Å². The molecule has 2 aromatic carbocycles. The molecule has 5 heteroatoms. The number of hydrogen-bond donors (Lipinski definition) is 2. The molecule has 0 radical (unpaired) electrons. The summed E-state index contributed by atoms with van der Waals surface area (Å²) in [5.74, 6) is 2.28. The van der Waals surface area contributed by atoms with Crippen molar-refractivity contribution < 1.29 is 4.74 Å². The average Bonchev–Trinajstić information content (AvgIpc) is 2.65. The fourth-order valence-corrected chi connectivity index (χ4v) is 2.74. The first-order chi connectivity index (χ1) is 12.7. The van der Waals surface area contributed by atoms with E-state index in [1.807, 2.05) is 24.3 Å². The fourth-order valence-electron chi connectivity index (χ4n) is 2.74. The standard InChI is InChI=1S/C21H24N4O/c1-15-8-9-16(2)18(14-15)24-20-11-13-23-21(25-20)22-12-10-17-6-4-5-7-19(17)26-3/h4-9,11,13-14H,10,12H2,1-3H3,(H2,22,23,24,25). The van der Waals surface area contributed by atoms with E-state index in [1.54, 1.807) is 13.3 Å². The molecule has 0 spiro atoms. The van der Waals surface area contributed by atoms with E-state index in [4.69, 9.17) is 4.74 Å². The summed E-state index contributed by atoms with van der Waals surface area (Å²) in [5, 5.41) is 6.65. The number of nitrogens with one attached hydrogen (secondary N) is 2. The summed E-state index contributed by atoms with van der Waals surface area (Å²) in [6, 6.07) is 16.2. The monoisotopic (exact) mass is 348 g/mol. The SMILES string of the molecule is COc1ccccc1CCNc1nccc(Nc2cc(C)ccc2C)n1. The molecule has 0 bridgehead atoms. The van der Waals surface area contributed by atoms with Crippen LogP contribution in [0.25, 0.3) is 0 Å². The minimum absolute atomic E-state index is 0.607. The zero-order valence-corrected chi connectivity index (χ0v) is 15.4. The molecule has 1 aromatic heterocycles. The van der Waals surface area contributed by atoms with Crippen LogP contribution in [0.4, 0.5) is 17.5 Å². The van der Waals surface area contributed by atoms with Gasteiger partial charge in [0.05, 0.1) is 7.11 Å². The second-order valence-corrected chi connectivity index (χ2v) is 6.20. The van der Waals surface area contributed by atoms with Crippen molar-refractivity contribution in [3.63, 3.8) is 0 Å². The van der Waals surface area contributed by atoms with Crippen LogP contribution < -0.4 is 15.4 Å². The van der Waals surface area contributed by atoms with Crippen LogP contribution in [0, 0.1) is 13.8 Å². The molecule has 0 amide bonds. The molecule has 3 rings (SSSR count). The highest BCUT2D eigenvalue weighted by molar-refractivity contribution is 5.61. The Morgan fingerprint density at radius 3 is 2.73 bits per heavy atom. The largest absolute Gasteiger partial charge is 0.496 e. The summed E-state index contributed by atoms with van der Waals surface area (Å²) in [6.07, 6.45) is 2.59. The van der Waals surface area contributed by atoms with Gasteiger partial charge in [0, 0.05) is 18.4 Å². The van der Waals surface area contributed by atoms with Crippen molar-refractivity contribution in [3.8, 4) is 5.75 Å². The van der Waals surface area contributed by atoms with Crippen molar-refractivity contribution in [2.24, 2.45) is 0 Å². The van der Waals surface area contributed by atoms with Crippen LogP contribution in [-0.2, 0) is 6.42 Å². The summed E-state index contributed by atoms with van der Waals surface area (Å²) in [5.41, 5.74) is 4.61. The molecule has 0 aliphatic rings. The topological polar surface area (TPSA) is 59.1 Å². The number of anilines is 3. The molecular formula is C21H24N4O. The highest BCUT2D eigenvalue weighted by Gasteiger charge is 2.04. The number of rotatable bonds is 7. The van der Waals surface area contributed by atoms with E-state index < -0.39 is 0 Å². The first-order valence-corrected chi connectivity index (χ1v) is 8.69. The van der Waals surface area contributed by atoms with Crippen molar-refractivity contribution in [1.82, 2.24) is 9.97 Å². The van der Waals surface area contributed by atoms with Gasteiger partial charge in [-0.25, -0.2) is 4.98 Å². The molecule has 0 saturated heterocycles. The van der Waals surface area contributed by atoms with Gasteiger partial charge in [0.2, 0.25) is 5.95 Å². The van der Waals surface area contributed by atoms with Gasteiger partial charge >= 0.3 is 0 Å². The van der Waals surface area contributed by atoms with E-state index in [1.165, 1.54) is 11.1 Å². The normalized spacial score (nSPS) is 10.4. The molecule has 0 unspecified atom stereocenters. The number of para-hydroxylation sites is 1. The zero-order chi connectivity index (χ0) is 18.4. The first-order valence-electron chi connectivity index (χ1n) is 8.69. The van der Waals surface area contributed by atoms with E-state index in [9.17, 15) is 0 Å². The lowest BCUT2D eigenvalue weighted by Gasteiger charge is -2.12. The third-order valence-electron chi connectivity index (χ3n) is 4.18. The van der Waals surface area contributed by atoms with Crippen molar-refractivity contribution in [2.75, 3.05) is 24.3 Å². The van der Waals surface area contributed by atoms with Crippen molar-refractivity contribution in [2.45, 2.75) is 20.3 Å². The molecule has 5 nitrogen and oxygen atoms in total. The predicted octanol–water partition coefficient (Wildman–Crippen LogP) is 4.50. The Hall–Kier alpha value is -3.08. The summed E-state index contributed by atoms with van der Waals surface area (Å²) in [7, 11) is 1.69. The molecule has 1 heterocycles. The molecule has 0 atom stereocenters. The number of hydrogen-bond acceptors (Lipinski definition) is 5. The Bertz CT molecular complexity index is 879. The average molecular weight is 348 g/mol. The number of aromatic nitrogens is 2. The smallest absolute Gasteiger partial charge is 0.224 e. The van der Waals surface area contributed by atoms with Gasteiger partial charge < -0.3 is 15.4 Å². The van der Waals surface area contributed by atoms with Crippen LogP contribution in [0.2, 0.25) is 0 Å². The second kappa shape index (κ2) is 8.34. The maximum absolute atomic E-state index is 5.39. The highest BCUT2D eigenvalue weighted by atomic mass is 16.5. The number of aryl methyl sites for hydroxylation is 2. The number of methoxy groups -OCH3 is 1. The Morgan fingerprint density at radius 1 is 1.04 bits per heavy atom. The zero-order valence-electron chi connectivity index (χ0n) is 15.4. The Kier molecular flexibility index (Phi) is 5.69. The third-order valence-corrected chi connectivity index (χ3v) is 4.18. The molecular weight excluding hydrogens is 324 g/mol. The predicted molar refractivity (Wildman–Crippen MR) is 106 cm³/mol. The van der Waals surface area contributed by atoms with Crippen molar-refractivity contribution in [1.29, 1.82) is 0 Å². The van der Waals surface area contributed by atoms with E-state index in [-0.39, 0.29) is 0 Å². The summed E-state index contributed by atoms with van der Waals surface area (Å²) in [4.78, 5) is 8.85. The summed E-state index contributed by atoms with van der Waals surface area (Å²) < 4.78 is 5.39.